The van der Waals surface area contributed by atoms with Crippen molar-refractivity contribution in [3.05, 3.63) is 42.4 Å². The molecule has 2 aromatic heterocycles. The number of benzene rings is 1. The number of nitrogens with zero attached hydrogens (tertiary/aromatic N) is 4. The van der Waals surface area contributed by atoms with Crippen molar-refractivity contribution in [3.63, 3.8) is 0 Å². The second kappa shape index (κ2) is 6.32. The van der Waals surface area contributed by atoms with Gasteiger partial charge < -0.3 is 9.88 Å². The highest BCUT2D eigenvalue weighted by atomic mass is 15.1. The predicted octanol–water partition coefficient (Wildman–Crippen LogP) is 3.50. The van der Waals surface area contributed by atoms with Crippen molar-refractivity contribution >= 4 is 11.0 Å². The van der Waals surface area contributed by atoms with Gasteiger partial charge in [0.05, 0.1) is 16.7 Å². The van der Waals surface area contributed by atoms with Gasteiger partial charge in [-0.3, -0.25) is 0 Å². The molecule has 0 bridgehead atoms. The normalized spacial score (nSPS) is 21.2. The van der Waals surface area contributed by atoms with Crippen molar-refractivity contribution in [2.24, 2.45) is 0 Å². The van der Waals surface area contributed by atoms with Crippen LogP contribution in [0.2, 0.25) is 0 Å². The Morgan fingerprint density at radius 1 is 1.21 bits per heavy atom. The molecule has 0 amide bonds. The molecule has 24 heavy (non-hydrogen) atoms. The summed E-state index contributed by atoms with van der Waals surface area (Å²) < 4.78 is 2.30. The summed E-state index contributed by atoms with van der Waals surface area (Å²) in [5.74, 6) is 0.938. The van der Waals surface area contributed by atoms with Crippen molar-refractivity contribution in [3.8, 4) is 11.5 Å². The van der Waals surface area contributed by atoms with Crippen LogP contribution in [0.15, 0.2) is 36.7 Å². The summed E-state index contributed by atoms with van der Waals surface area (Å²) in [6.45, 7) is 5.32. The second-order valence-electron chi connectivity index (χ2n) is 6.54. The number of fused-ring (bicyclic) bond motifs is 1. The van der Waals surface area contributed by atoms with Crippen LogP contribution in [-0.4, -0.2) is 32.1 Å². The van der Waals surface area contributed by atoms with E-state index in [9.17, 15) is 0 Å². The summed E-state index contributed by atoms with van der Waals surface area (Å²) in [7, 11) is 0. The van der Waals surface area contributed by atoms with E-state index in [1.807, 2.05) is 37.4 Å². The Morgan fingerprint density at radius 2 is 2.00 bits per heavy atom. The highest BCUT2D eigenvalue weighted by Crippen LogP contribution is 2.29. The molecule has 0 saturated carbocycles. The lowest BCUT2D eigenvalue weighted by molar-refractivity contribution is 0.297. The number of rotatable bonds is 3. The fraction of sp³-hybridized carbons (Fsp3) is 0.421. The van der Waals surface area contributed by atoms with E-state index in [0.717, 1.165) is 54.1 Å². The molecule has 0 aliphatic carbocycles. The quantitative estimate of drug-likeness (QED) is 0.802. The maximum absolute atomic E-state index is 4.85. The Hall–Kier alpha value is -2.27. The number of hydrogen-bond acceptors (Lipinski definition) is 4. The van der Waals surface area contributed by atoms with Gasteiger partial charge in [-0.25, -0.2) is 15.0 Å². The smallest absolute Gasteiger partial charge is 0.160 e. The SMILES string of the molecule is CC[C@H]1C[C@H](n2ccnc2-c2nc3ccccc3nc2C)CCN1. The third-order valence-corrected chi connectivity index (χ3v) is 4.98. The Bertz CT molecular complexity index is 854. The van der Waals surface area contributed by atoms with Gasteiger partial charge in [0.1, 0.15) is 5.69 Å². The lowest BCUT2D eigenvalue weighted by atomic mass is 9.97. The van der Waals surface area contributed by atoms with E-state index in [1.54, 1.807) is 0 Å². The third-order valence-electron chi connectivity index (χ3n) is 4.98. The highest BCUT2D eigenvalue weighted by molar-refractivity contribution is 5.77. The zero-order valence-corrected chi connectivity index (χ0v) is 14.2. The first kappa shape index (κ1) is 15.3. The van der Waals surface area contributed by atoms with E-state index in [0.29, 0.717) is 12.1 Å². The fourth-order valence-corrected chi connectivity index (χ4v) is 3.64. The molecule has 1 aliphatic rings. The predicted molar refractivity (Wildman–Crippen MR) is 95.8 cm³/mol. The second-order valence-corrected chi connectivity index (χ2v) is 6.54. The summed E-state index contributed by atoms with van der Waals surface area (Å²) >= 11 is 0. The van der Waals surface area contributed by atoms with Crippen LogP contribution >= 0.6 is 0 Å². The van der Waals surface area contributed by atoms with Gasteiger partial charge in [-0.05, 0) is 44.9 Å². The Kier molecular flexibility index (Phi) is 4.02. The molecule has 3 heterocycles. The number of nitrogens with one attached hydrogen (secondary N) is 1. The largest absolute Gasteiger partial charge is 0.326 e. The van der Waals surface area contributed by atoms with E-state index in [2.05, 4.69) is 28.0 Å². The molecule has 0 radical (unpaired) electrons. The Labute approximate surface area is 142 Å². The summed E-state index contributed by atoms with van der Waals surface area (Å²) in [5.41, 5.74) is 3.68. The maximum Gasteiger partial charge on any atom is 0.160 e. The topological polar surface area (TPSA) is 55.6 Å². The van der Waals surface area contributed by atoms with E-state index < -0.39 is 0 Å². The molecule has 0 unspecified atom stereocenters. The van der Waals surface area contributed by atoms with Gasteiger partial charge in [-0.2, -0.15) is 0 Å². The first-order valence-electron chi connectivity index (χ1n) is 8.76. The Balaban J connectivity index is 1.76. The molecule has 0 spiro atoms. The van der Waals surface area contributed by atoms with Gasteiger partial charge >= 0.3 is 0 Å². The van der Waals surface area contributed by atoms with Crippen LogP contribution < -0.4 is 5.32 Å². The minimum atomic E-state index is 0.473. The third kappa shape index (κ3) is 2.69. The molecule has 1 saturated heterocycles. The number of aromatic nitrogens is 4. The van der Waals surface area contributed by atoms with Gasteiger partial charge in [0.2, 0.25) is 0 Å². The van der Waals surface area contributed by atoms with Crippen LogP contribution in [0.1, 0.15) is 37.9 Å². The van der Waals surface area contributed by atoms with Crippen molar-refractivity contribution in [2.75, 3.05) is 6.54 Å². The number of aryl methyl sites for hydroxylation is 1. The van der Waals surface area contributed by atoms with Crippen molar-refractivity contribution in [2.45, 2.75) is 45.2 Å². The highest BCUT2D eigenvalue weighted by Gasteiger charge is 2.24. The van der Waals surface area contributed by atoms with Crippen LogP contribution in [-0.2, 0) is 0 Å². The van der Waals surface area contributed by atoms with E-state index >= 15 is 0 Å². The molecule has 3 aromatic rings. The van der Waals surface area contributed by atoms with Crippen LogP contribution in [0.3, 0.4) is 0 Å². The average Bonchev–Trinajstić information content (AvgIpc) is 3.10. The van der Waals surface area contributed by atoms with Crippen LogP contribution in [0.25, 0.3) is 22.6 Å². The molecule has 1 aromatic carbocycles. The molecule has 5 heteroatoms. The molecule has 1 aliphatic heterocycles. The number of hydrogen-bond donors (Lipinski definition) is 1. The molecule has 2 atom stereocenters. The fourth-order valence-electron chi connectivity index (χ4n) is 3.64. The van der Waals surface area contributed by atoms with E-state index in [-0.39, 0.29) is 0 Å². The summed E-state index contributed by atoms with van der Waals surface area (Å²) in [6.07, 6.45) is 7.40. The van der Waals surface area contributed by atoms with Gasteiger partial charge in [-0.1, -0.05) is 19.1 Å². The van der Waals surface area contributed by atoms with Crippen molar-refractivity contribution < 1.29 is 0 Å². The molecular weight excluding hydrogens is 298 g/mol. The number of piperidine rings is 1. The molecular formula is C19H23N5. The molecule has 1 fully saturated rings. The number of imidazole rings is 1. The molecule has 4 rings (SSSR count). The van der Waals surface area contributed by atoms with Crippen molar-refractivity contribution in [1.82, 2.24) is 24.8 Å². The van der Waals surface area contributed by atoms with Gasteiger partial charge in [0, 0.05) is 24.5 Å². The minimum absolute atomic E-state index is 0.473. The van der Waals surface area contributed by atoms with E-state index in [1.165, 1.54) is 0 Å². The van der Waals surface area contributed by atoms with Crippen LogP contribution in [0, 0.1) is 6.92 Å². The van der Waals surface area contributed by atoms with Gasteiger partial charge in [0.15, 0.2) is 5.82 Å². The maximum atomic E-state index is 4.85. The first-order valence-corrected chi connectivity index (χ1v) is 8.76. The monoisotopic (exact) mass is 321 g/mol. The summed E-state index contributed by atoms with van der Waals surface area (Å²) in [6, 6.07) is 9.07. The average molecular weight is 321 g/mol. The van der Waals surface area contributed by atoms with Gasteiger partial charge in [-0.15, -0.1) is 0 Å². The zero-order chi connectivity index (χ0) is 16.5. The van der Waals surface area contributed by atoms with Crippen LogP contribution in [0.4, 0.5) is 0 Å². The van der Waals surface area contributed by atoms with E-state index in [4.69, 9.17) is 9.97 Å². The Morgan fingerprint density at radius 3 is 2.79 bits per heavy atom. The number of para-hydroxylation sites is 2. The van der Waals surface area contributed by atoms with Crippen molar-refractivity contribution in [1.29, 1.82) is 0 Å². The first-order chi connectivity index (χ1) is 11.8. The van der Waals surface area contributed by atoms with Gasteiger partial charge in [0.25, 0.3) is 0 Å². The minimum Gasteiger partial charge on any atom is -0.326 e. The standard InChI is InChI=1S/C19H23N5/c1-3-14-12-15(8-9-20-14)24-11-10-21-19(24)18-13(2)22-16-6-4-5-7-17(16)23-18/h4-7,10-11,14-15,20H,3,8-9,12H2,1-2H3/t14-,15+/m0/s1. The lowest BCUT2D eigenvalue weighted by Crippen LogP contribution is -2.38. The molecule has 1 N–H and O–H groups in total. The molecule has 124 valence electrons. The molecule has 5 nitrogen and oxygen atoms in total. The summed E-state index contributed by atoms with van der Waals surface area (Å²) in [5, 5.41) is 3.59. The lowest BCUT2D eigenvalue weighted by Gasteiger charge is -2.31. The summed E-state index contributed by atoms with van der Waals surface area (Å²) in [4.78, 5) is 14.2. The zero-order valence-electron chi connectivity index (χ0n) is 14.2. The van der Waals surface area contributed by atoms with Crippen LogP contribution in [0.5, 0.6) is 0 Å².